The Morgan fingerprint density at radius 3 is 2.38 bits per heavy atom. The third-order valence-corrected chi connectivity index (χ3v) is 8.80. The molecule has 0 bridgehead atoms. The summed E-state index contributed by atoms with van der Waals surface area (Å²) >= 11 is 0. The number of pyridine rings is 1. The minimum atomic E-state index is -3.65. The fraction of sp³-hybridized carbons (Fsp3) is 0.700. The Labute approximate surface area is 172 Å². The Morgan fingerprint density at radius 2 is 1.79 bits per heavy atom. The number of hydrogen-bond donors (Lipinski definition) is 0. The van der Waals surface area contributed by atoms with E-state index in [-0.39, 0.29) is 10.8 Å². The van der Waals surface area contributed by atoms with Crippen LogP contribution in [0.5, 0.6) is 0 Å². The van der Waals surface area contributed by atoms with Crippen LogP contribution in [-0.2, 0) is 19.6 Å². The SMILES string of the molecule is COC1CC2(CCN(c3ccncc3S(=O)(=O)N3CCN(C(C)=O)CC3)CC2)C1. The van der Waals surface area contributed by atoms with Gasteiger partial charge >= 0.3 is 0 Å². The number of amides is 1. The van der Waals surface area contributed by atoms with Crippen LogP contribution < -0.4 is 4.90 Å². The Kier molecular flexibility index (Phi) is 5.56. The molecule has 4 rings (SSSR count). The number of sulfonamides is 1. The molecular weight excluding hydrogens is 392 g/mol. The van der Waals surface area contributed by atoms with E-state index in [1.165, 1.54) is 17.4 Å². The third kappa shape index (κ3) is 3.87. The summed E-state index contributed by atoms with van der Waals surface area (Å²) in [6.07, 6.45) is 7.86. The third-order valence-electron chi connectivity index (χ3n) is 6.88. The monoisotopic (exact) mass is 422 g/mol. The van der Waals surface area contributed by atoms with Crippen molar-refractivity contribution in [2.75, 3.05) is 51.3 Å². The van der Waals surface area contributed by atoms with Crippen LogP contribution in [-0.4, -0.2) is 81.0 Å². The zero-order chi connectivity index (χ0) is 20.6. The zero-order valence-electron chi connectivity index (χ0n) is 17.2. The maximum atomic E-state index is 13.3. The average molecular weight is 423 g/mol. The number of piperazine rings is 1. The molecule has 3 aliphatic rings. The summed E-state index contributed by atoms with van der Waals surface area (Å²) in [6.45, 7) is 4.70. The molecule has 1 amide bonds. The Morgan fingerprint density at radius 1 is 1.14 bits per heavy atom. The van der Waals surface area contributed by atoms with Gasteiger partial charge in [-0.25, -0.2) is 8.42 Å². The topological polar surface area (TPSA) is 83.1 Å². The van der Waals surface area contributed by atoms with Gasteiger partial charge in [0.25, 0.3) is 0 Å². The fourth-order valence-corrected chi connectivity index (χ4v) is 6.50. The van der Waals surface area contributed by atoms with E-state index in [0.29, 0.717) is 37.7 Å². The lowest BCUT2D eigenvalue weighted by Gasteiger charge is -2.52. The van der Waals surface area contributed by atoms with Gasteiger partial charge in [-0.15, -0.1) is 0 Å². The van der Waals surface area contributed by atoms with Crippen molar-refractivity contribution >= 4 is 21.6 Å². The molecule has 3 heterocycles. The summed E-state index contributed by atoms with van der Waals surface area (Å²) in [7, 11) is -1.88. The van der Waals surface area contributed by atoms with Crippen LogP contribution in [0.1, 0.15) is 32.6 Å². The second-order valence-corrected chi connectivity index (χ2v) is 10.4. The van der Waals surface area contributed by atoms with Crippen LogP contribution >= 0.6 is 0 Å². The van der Waals surface area contributed by atoms with E-state index in [0.717, 1.165) is 44.5 Å². The number of methoxy groups -OCH3 is 1. The first kappa shape index (κ1) is 20.6. The van der Waals surface area contributed by atoms with Crippen molar-refractivity contribution in [1.29, 1.82) is 0 Å². The molecule has 1 aliphatic carbocycles. The Balaban J connectivity index is 1.48. The maximum Gasteiger partial charge on any atom is 0.246 e. The van der Waals surface area contributed by atoms with Crippen molar-refractivity contribution in [1.82, 2.24) is 14.2 Å². The summed E-state index contributed by atoms with van der Waals surface area (Å²) in [5, 5.41) is 0. The molecule has 1 aromatic rings. The maximum absolute atomic E-state index is 13.3. The van der Waals surface area contributed by atoms with Crippen LogP contribution in [0.15, 0.2) is 23.4 Å². The lowest BCUT2D eigenvalue weighted by atomic mass is 9.61. The molecule has 1 spiro atoms. The highest BCUT2D eigenvalue weighted by Gasteiger charge is 2.46. The van der Waals surface area contributed by atoms with Crippen molar-refractivity contribution in [2.24, 2.45) is 5.41 Å². The molecule has 1 aromatic heterocycles. The molecule has 0 atom stereocenters. The molecule has 0 N–H and O–H groups in total. The first-order valence-electron chi connectivity index (χ1n) is 10.3. The molecule has 3 fully saturated rings. The molecule has 29 heavy (non-hydrogen) atoms. The highest BCUT2D eigenvalue weighted by molar-refractivity contribution is 7.89. The number of piperidine rings is 1. The van der Waals surface area contributed by atoms with Crippen molar-refractivity contribution in [2.45, 2.75) is 43.6 Å². The van der Waals surface area contributed by atoms with Gasteiger partial charge < -0.3 is 14.5 Å². The molecule has 0 radical (unpaired) electrons. The van der Waals surface area contributed by atoms with Gasteiger partial charge in [0.1, 0.15) is 4.90 Å². The van der Waals surface area contributed by atoms with E-state index in [9.17, 15) is 13.2 Å². The molecule has 2 saturated heterocycles. The highest BCUT2D eigenvalue weighted by Crippen LogP contribution is 2.50. The Bertz CT molecular complexity index is 851. The number of rotatable bonds is 4. The van der Waals surface area contributed by atoms with Gasteiger partial charge in [-0.3, -0.25) is 9.78 Å². The first-order valence-corrected chi connectivity index (χ1v) is 11.8. The normalized spacial score (nSPS) is 23.2. The van der Waals surface area contributed by atoms with Gasteiger partial charge in [-0.05, 0) is 37.2 Å². The van der Waals surface area contributed by atoms with Gasteiger partial charge in [-0.2, -0.15) is 4.31 Å². The van der Waals surface area contributed by atoms with Gasteiger partial charge in [0.05, 0.1) is 11.8 Å². The van der Waals surface area contributed by atoms with Gasteiger partial charge in [-0.1, -0.05) is 0 Å². The fourth-order valence-electron chi connectivity index (χ4n) is 4.92. The van der Waals surface area contributed by atoms with Crippen molar-refractivity contribution in [3.05, 3.63) is 18.5 Å². The van der Waals surface area contributed by atoms with E-state index in [2.05, 4.69) is 9.88 Å². The van der Waals surface area contributed by atoms with Gasteiger partial charge in [0.2, 0.25) is 15.9 Å². The standard InChI is InChI=1S/C20H30N4O4S/c1-16(25)22-9-11-24(12-10-22)29(26,27)19-15-21-6-3-18(19)23-7-4-20(5-8-23)13-17(14-20)28-2/h3,6,15,17H,4-5,7-14H2,1-2H3. The largest absolute Gasteiger partial charge is 0.381 e. The summed E-state index contributed by atoms with van der Waals surface area (Å²) in [6, 6.07) is 1.81. The predicted octanol–water partition coefficient (Wildman–Crippen LogP) is 1.33. The zero-order valence-corrected chi connectivity index (χ0v) is 18.0. The molecule has 0 unspecified atom stereocenters. The van der Waals surface area contributed by atoms with Crippen LogP contribution in [0, 0.1) is 5.41 Å². The molecule has 160 valence electrons. The molecular formula is C20H30N4O4S. The quantitative estimate of drug-likeness (QED) is 0.728. The molecule has 2 aliphatic heterocycles. The lowest BCUT2D eigenvalue weighted by molar-refractivity contribution is -0.129. The van der Waals surface area contributed by atoms with Crippen molar-refractivity contribution < 1.29 is 17.9 Å². The predicted molar refractivity (Wildman–Crippen MR) is 109 cm³/mol. The second kappa shape index (κ2) is 7.85. The number of ether oxygens (including phenoxy) is 1. The lowest BCUT2D eigenvalue weighted by Crippen LogP contribution is -2.51. The highest BCUT2D eigenvalue weighted by atomic mass is 32.2. The van der Waals surface area contributed by atoms with Crippen molar-refractivity contribution in [3.63, 3.8) is 0 Å². The number of carbonyl (C=O) groups is 1. The number of carbonyl (C=O) groups excluding carboxylic acids is 1. The second-order valence-electron chi connectivity index (χ2n) is 8.51. The summed E-state index contributed by atoms with van der Waals surface area (Å²) in [5.41, 5.74) is 1.11. The van der Waals surface area contributed by atoms with E-state index in [4.69, 9.17) is 4.74 Å². The van der Waals surface area contributed by atoms with E-state index in [1.54, 1.807) is 18.2 Å². The summed E-state index contributed by atoms with van der Waals surface area (Å²) in [4.78, 5) is 19.8. The van der Waals surface area contributed by atoms with Crippen LogP contribution in [0.3, 0.4) is 0 Å². The van der Waals surface area contributed by atoms with Crippen LogP contribution in [0.2, 0.25) is 0 Å². The van der Waals surface area contributed by atoms with Crippen LogP contribution in [0.4, 0.5) is 5.69 Å². The average Bonchev–Trinajstić information content (AvgIpc) is 2.72. The minimum Gasteiger partial charge on any atom is -0.381 e. The molecule has 8 nitrogen and oxygen atoms in total. The Hall–Kier alpha value is -1.71. The number of aromatic nitrogens is 1. The number of nitrogens with zero attached hydrogens (tertiary/aromatic N) is 4. The number of hydrogen-bond acceptors (Lipinski definition) is 6. The minimum absolute atomic E-state index is 0.0157. The molecule has 0 aromatic carbocycles. The first-order chi connectivity index (χ1) is 13.8. The van der Waals surface area contributed by atoms with Gasteiger partial charge in [0.15, 0.2) is 0 Å². The van der Waals surface area contributed by atoms with E-state index in [1.807, 2.05) is 6.07 Å². The number of anilines is 1. The van der Waals surface area contributed by atoms with E-state index < -0.39 is 10.0 Å². The van der Waals surface area contributed by atoms with E-state index >= 15 is 0 Å². The molecule has 9 heteroatoms. The van der Waals surface area contributed by atoms with Crippen molar-refractivity contribution in [3.8, 4) is 0 Å². The molecule has 1 saturated carbocycles. The summed E-state index contributed by atoms with van der Waals surface area (Å²) in [5.74, 6) is -0.0157. The summed E-state index contributed by atoms with van der Waals surface area (Å²) < 4.78 is 33.6. The van der Waals surface area contributed by atoms with Gasteiger partial charge in [0, 0.05) is 65.7 Å². The van der Waals surface area contributed by atoms with Crippen LogP contribution in [0.25, 0.3) is 0 Å². The smallest absolute Gasteiger partial charge is 0.246 e.